The minimum atomic E-state index is 0.775. The van der Waals surface area contributed by atoms with Gasteiger partial charge in [0, 0.05) is 32.2 Å². The number of piperazine rings is 1. The van der Waals surface area contributed by atoms with Crippen LogP contribution in [0.3, 0.4) is 0 Å². The third kappa shape index (κ3) is 3.27. The fourth-order valence-corrected chi connectivity index (χ4v) is 5.78. The molecule has 4 aromatic rings. The van der Waals surface area contributed by atoms with E-state index >= 15 is 0 Å². The van der Waals surface area contributed by atoms with Crippen LogP contribution in [-0.4, -0.2) is 57.5 Å². The summed E-state index contributed by atoms with van der Waals surface area (Å²) < 4.78 is 18.5. The molecule has 0 N–H and O–H groups in total. The van der Waals surface area contributed by atoms with Crippen LogP contribution in [0.25, 0.3) is 20.4 Å². The van der Waals surface area contributed by atoms with Crippen LogP contribution >= 0.6 is 22.7 Å². The van der Waals surface area contributed by atoms with Crippen LogP contribution in [0.15, 0.2) is 30.3 Å². The first-order valence-electron chi connectivity index (χ1n) is 9.66. The maximum Gasteiger partial charge on any atom is 0.186 e. The number of benzene rings is 2. The van der Waals surface area contributed by atoms with Crippen LogP contribution in [-0.2, 0) is 0 Å². The van der Waals surface area contributed by atoms with Gasteiger partial charge in [-0.05, 0) is 24.3 Å². The summed E-state index contributed by atoms with van der Waals surface area (Å²) in [7, 11) is 5.04. The van der Waals surface area contributed by atoms with E-state index in [2.05, 4.69) is 15.9 Å². The van der Waals surface area contributed by atoms with Crippen LogP contribution in [0.5, 0.6) is 17.2 Å². The third-order valence-electron chi connectivity index (χ3n) is 5.30. The van der Waals surface area contributed by atoms with Gasteiger partial charge in [-0.3, -0.25) is 0 Å². The van der Waals surface area contributed by atoms with Crippen molar-refractivity contribution in [2.45, 2.75) is 0 Å². The van der Waals surface area contributed by atoms with Crippen LogP contribution in [0, 0.1) is 0 Å². The van der Waals surface area contributed by atoms with E-state index in [1.165, 1.54) is 4.70 Å². The second-order valence-corrected chi connectivity index (χ2v) is 8.94. The molecule has 0 bridgehead atoms. The lowest BCUT2D eigenvalue weighted by atomic mass is 10.3. The topological polar surface area (TPSA) is 60.0 Å². The molecule has 0 spiro atoms. The molecule has 5 rings (SSSR count). The van der Waals surface area contributed by atoms with Crippen molar-refractivity contribution >= 4 is 53.4 Å². The van der Waals surface area contributed by atoms with Crippen molar-refractivity contribution in [3.05, 3.63) is 30.3 Å². The Hall–Kier alpha value is -2.78. The SMILES string of the molecule is COc1ccc2sc(N3CCN(c4nc5c(OC)ccc(OC)c5s4)CC3)nc2c1. The minimum absolute atomic E-state index is 0.775. The Bertz CT molecular complexity index is 1160. The lowest BCUT2D eigenvalue weighted by Gasteiger charge is -2.34. The number of hydrogen-bond acceptors (Lipinski definition) is 9. The quantitative estimate of drug-likeness (QED) is 0.458. The molecule has 0 amide bonds. The van der Waals surface area contributed by atoms with Gasteiger partial charge in [0.05, 0.1) is 31.5 Å². The van der Waals surface area contributed by atoms with E-state index in [-0.39, 0.29) is 0 Å². The third-order valence-corrected chi connectivity index (χ3v) is 7.53. The van der Waals surface area contributed by atoms with E-state index in [1.54, 1.807) is 44.0 Å². The fraction of sp³-hybridized carbons (Fsp3) is 0.333. The smallest absolute Gasteiger partial charge is 0.186 e. The number of hydrogen-bond donors (Lipinski definition) is 0. The predicted molar refractivity (Wildman–Crippen MR) is 123 cm³/mol. The largest absolute Gasteiger partial charge is 0.497 e. The average molecular weight is 443 g/mol. The molecule has 2 aromatic carbocycles. The van der Waals surface area contributed by atoms with E-state index in [0.717, 1.165) is 69.4 Å². The second-order valence-electron chi connectivity index (χ2n) is 6.95. The van der Waals surface area contributed by atoms with Crippen molar-refractivity contribution < 1.29 is 14.2 Å². The van der Waals surface area contributed by atoms with Crippen molar-refractivity contribution in [1.82, 2.24) is 9.97 Å². The molecule has 3 heterocycles. The van der Waals surface area contributed by atoms with Gasteiger partial charge in [-0.1, -0.05) is 22.7 Å². The summed E-state index contributed by atoms with van der Waals surface area (Å²) in [5, 5.41) is 2.06. The number of nitrogens with zero attached hydrogens (tertiary/aromatic N) is 4. The molecular formula is C21H22N4O3S2. The summed E-state index contributed by atoms with van der Waals surface area (Å²) in [4.78, 5) is 14.4. The van der Waals surface area contributed by atoms with E-state index in [9.17, 15) is 0 Å². The molecule has 0 radical (unpaired) electrons. The second kappa shape index (κ2) is 7.81. The minimum Gasteiger partial charge on any atom is -0.497 e. The number of thiazole rings is 2. The summed E-state index contributed by atoms with van der Waals surface area (Å²) in [6, 6.07) is 9.90. The van der Waals surface area contributed by atoms with E-state index < -0.39 is 0 Å². The molecule has 30 heavy (non-hydrogen) atoms. The average Bonchev–Trinajstić information content (AvgIpc) is 3.42. The van der Waals surface area contributed by atoms with E-state index in [1.807, 2.05) is 24.3 Å². The number of ether oxygens (including phenoxy) is 3. The van der Waals surface area contributed by atoms with Crippen LogP contribution < -0.4 is 24.0 Å². The van der Waals surface area contributed by atoms with Gasteiger partial charge in [0.15, 0.2) is 10.3 Å². The van der Waals surface area contributed by atoms with Crippen LogP contribution in [0.2, 0.25) is 0 Å². The molecule has 156 valence electrons. The summed E-state index contributed by atoms with van der Waals surface area (Å²) >= 11 is 3.38. The zero-order valence-electron chi connectivity index (χ0n) is 17.0. The summed E-state index contributed by atoms with van der Waals surface area (Å²) in [6.45, 7) is 3.59. The summed E-state index contributed by atoms with van der Waals surface area (Å²) in [5.41, 5.74) is 1.85. The first kappa shape index (κ1) is 19.2. The van der Waals surface area contributed by atoms with Crippen molar-refractivity contribution in [2.24, 2.45) is 0 Å². The van der Waals surface area contributed by atoms with Crippen LogP contribution in [0.1, 0.15) is 0 Å². The first-order chi connectivity index (χ1) is 14.7. The number of rotatable bonds is 5. The molecule has 0 saturated carbocycles. The highest BCUT2D eigenvalue weighted by molar-refractivity contribution is 7.22. The van der Waals surface area contributed by atoms with Crippen molar-refractivity contribution in [2.75, 3.05) is 57.3 Å². The van der Waals surface area contributed by atoms with Gasteiger partial charge in [-0.15, -0.1) is 0 Å². The van der Waals surface area contributed by atoms with E-state index in [4.69, 9.17) is 24.2 Å². The van der Waals surface area contributed by atoms with Crippen molar-refractivity contribution in [3.63, 3.8) is 0 Å². The molecule has 1 saturated heterocycles. The Kier molecular flexibility index (Phi) is 5.00. The summed E-state index contributed by atoms with van der Waals surface area (Å²) in [5.74, 6) is 2.45. The van der Waals surface area contributed by atoms with Crippen LogP contribution in [0.4, 0.5) is 10.3 Å². The van der Waals surface area contributed by atoms with Gasteiger partial charge in [-0.2, -0.15) is 0 Å². The zero-order chi connectivity index (χ0) is 20.7. The highest BCUT2D eigenvalue weighted by Crippen LogP contribution is 2.40. The molecule has 0 aliphatic carbocycles. The number of anilines is 2. The predicted octanol–water partition coefficient (Wildman–Crippen LogP) is 4.26. The van der Waals surface area contributed by atoms with Gasteiger partial charge >= 0.3 is 0 Å². The monoisotopic (exact) mass is 442 g/mol. The molecule has 0 atom stereocenters. The molecular weight excluding hydrogens is 420 g/mol. The highest BCUT2D eigenvalue weighted by atomic mass is 32.1. The number of methoxy groups -OCH3 is 3. The Labute approximate surface area is 182 Å². The highest BCUT2D eigenvalue weighted by Gasteiger charge is 2.23. The molecule has 9 heteroatoms. The maximum atomic E-state index is 5.52. The molecule has 0 unspecified atom stereocenters. The van der Waals surface area contributed by atoms with Crippen molar-refractivity contribution in [3.8, 4) is 17.2 Å². The molecule has 1 aliphatic heterocycles. The Morgan fingerprint density at radius 2 is 1.43 bits per heavy atom. The summed E-state index contributed by atoms with van der Waals surface area (Å²) in [6.07, 6.45) is 0. The molecule has 1 aliphatic rings. The number of fused-ring (bicyclic) bond motifs is 2. The van der Waals surface area contributed by atoms with Crippen molar-refractivity contribution in [1.29, 1.82) is 0 Å². The maximum absolute atomic E-state index is 5.52. The Morgan fingerprint density at radius 3 is 2.10 bits per heavy atom. The molecule has 7 nitrogen and oxygen atoms in total. The lowest BCUT2D eigenvalue weighted by molar-refractivity contribution is 0.410. The van der Waals surface area contributed by atoms with Gasteiger partial charge < -0.3 is 24.0 Å². The van der Waals surface area contributed by atoms with Gasteiger partial charge in [0.25, 0.3) is 0 Å². The standard InChI is InChI=1S/C21H22N4O3S2/c1-26-13-4-7-17-14(12-13)22-20(29-17)24-8-10-25(11-9-24)21-23-18-15(27-2)5-6-16(28-3)19(18)30-21/h4-7,12H,8-11H2,1-3H3. The first-order valence-corrected chi connectivity index (χ1v) is 11.3. The lowest BCUT2D eigenvalue weighted by Crippen LogP contribution is -2.46. The van der Waals surface area contributed by atoms with Gasteiger partial charge in [-0.25, -0.2) is 9.97 Å². The van der Waals surface area contributed by atoms with Gasteiger partial charge in [0.1, 0.15) is 27.5 Å². The number of aromatic nitrogens is 2. The Morgan fingerprint density at radius 1 is 0.767 bits per heavy atom. The molecule has 2 aromatic heterocycles. The fourth-order valence-electron chi connectivity index (χ4n) is 3.66. The van der Waals surface area contributed by atoms with Gasteiger partial charge in [0.2, 0.25) is 0 Å². The normalized spacial score (nSPS) is 14.5. The van der Waals surface area contributed by atoms with E-state index in [0.29, 0.717) is 0 Å². The Balaban J connectivity index is 1.36. The molecule has 1 fully saturated rings. The zero-order valence-corrected chi connectivity index (χ0v) is 18.7.